The third kappa shape index (κ3) is 2.82. The maximum Gasteiger partial charge on any atom is 0.257 e. The summed E-state index contributed by atoms with van der Waals surface area (Å²) in [5.74, 6) is 0. The standard InChI is InChI=1S/C26H32N2O3Si/c1-7-26(30)15-31-14-18-19(26)12-21-22-17(13-28(21)24(18)29)23(32(5,6)25(2,3)4)16-10-8-9-11-20(16)27-22/h8-12,30H,7,13-15H2,1-6H3/t26-/m1/s1. The molecule has 0 unspecified atom stereocenters. The normalized spacial score (nSPS) is 20.2. The number of hydrogen-bond acceptors (Lipinski definition) is 4. The van der Waals surface area contributed by atoms with Crippen LogP contribution in [-0.4, -0.2) is 29.3 Å². The number of para-hydroxylation sites is 1. The average molecular weight is 449 g/mol. The van der Waals surface area contributed by atoms with E-state index in [0.717, 1.165) is 16.9 Å². The highest BCUT2D eigenvalue weighted by atomic mass is 28.3. The van der Waals surface area contributed by atoms with Crippen molar-refractivity contribution in [1.82, 2.24) is 9.55 Å². The van der Waals surface area contributed by atoms with E-state index in [0.29, 0.717) is 24.1 Å². The molecule has 5 rings (SSSR count). The Morgan fingerprint density at radius 3 is 2.62 bits per heavy atom. The molecular formula is C26H32N2O3Si. The summed E-state index contributed by atoms with van der Waals surface area (Å²) in [7, 11) is -1.96. The Morgan fingerprint density at radius 1 is 1.22 bits per heavy atom. The van der Waals surface area contributed by atoms with Gasteiger partial charge in [0.15, 0.2) is 0 Å². The maximum absolute atomic E-state index is 13.6. The highest BCUT2D eigenvalue weighted by Gasteiger charge is 2.43. The minimum absolute atomic E-state index is 0.0627. The van der Waals surface area contributed by atoms with Gasteiger partial charge in [-0.05, 0) is 45.3 Å². The van der Waals surface area contributed by atoms with E-state index in [9.17, 15) is 9.90 Å². The van der Waals surface area contributed by atoms with Crippen molar-refractivity contribution in [1.29, 1.82) is 0 Å². The van der Waals surface area contributed by atoms with Crippen molar-refractivity contribution in [2.75, 3.05) is 6.61 Å². The molecule has 3 aromatic rings. The van der Waals surface area contributed by atoms with Crippen LogP contribution < -0.4 is 10.7 Å². The minimum atomic E-state index is -1.96. The summed E-state index contributed by atoms with van der Waals surface area (Å²) in [4.78, 5) is 18.7. The van der Waals surface area contributed by atoms with Crippen LogP contribution in [0.15, 0.2) is 35.1 Å². The van der Waals surface area contributed by atoms with Crippen LogP contribution in [0.1, 0.15) is 50.8 Å². The average Bonchev–Trinajstić information content (AvgIpc) is 3.10. The summed E-state index contributed by atoms with van der Waals surface area (Å²) in [5, 5.41) is 14.0. The van der Waals surface area contributed by atoms with Gasteiger partial charge in [0.25, 0.3) is 5.56 Å². The van der Waals surface area contributed by atoms with Crippen LogP contribution in [0.3, 0.4) is 0 Å². The second-order valence-electron chi connectivity index (χ2n) is 10.9. The van der Waals surface area contributed by atoms with Crippen molar-refractivity contribution >= 4 is 24.2 Å². The van der Waals surface area contributed by atoms with E-state index in [1.54, 1.807) is 0 Å². The zero-order chi connectivity index (χ0) is 23.1. The molecule has 1 aromatic carbocycles. The highest BCUT2D eigenvalue weighted by molar-refractivity contribution is 6.94. The Balaban J connectivity index is 1.86. The lowest BCUT2D eigenvalue weighted by molar-refractivity contribution is -0.0757. The molecule has 0 saturated carbocycles. The Morgan fingerprint density at radius 2 is 1.94 bits per heavy atom. The largest absolute Gasteiger partial charge is 0.383 e. The van der Waals surface area contributed by atoms with Crippen LogP contribution >= 0.6 is 0 Å². The minimum Gasteiger partial charge on any atom is -0.383 e. The third-order valence-electron chi connectivity index (χ3n) is 8.13. The predicted molar refractivity (Wildman–Crippen MR) is 131 cm³/mol. The quantitative estimate of drug-likeness (QED) is 0.465. The lowest BCUT2D eigenvalue weighted by Crippen LogP contribution is -2.51. The first kappa shape index (κ1) is 21.6. The Kier molecular flexibility index (Phi) is 4.62. The summed E-state index contributed by atoms with van der Waals surface area (Å²) in [6.45, 7) is 14.8. The number of hydrogen-bond donors (Lipinski definition) is 1. The van der Waals surface area contributed by atoms with Crippen LogP contribution in [0.2, 0.25) is 18.1 Å². The van der Waals surface area contributed by atoms with Gasteiger partial charge in [-0.1, -0.05) is 59.0 Å². The molecule has 0 radical (unpaired) electrons. The van der Waals surface area contributed by atoms with Gasteiger partial charge in [-0.15, -0.1) is 0 Å². The molecule has 168 valence electrons. The summed E-state index contributed by atoms with van der Waals surface area (Å²) < 4.78 is 7.48. The van der Waals surface area contributed by atoms with Crippen molar-refractivity contribution < 1.29 is 9.84 Å². The molecule has 32 heavy (non-hydrogen) atoms. The van der Waals surface area contributed by atoms with Gasteiger partial charge in [0, 0.05) is 5.56 Å². The number of aromatic nitrogens is 2. The smallest absolute Gasteiger partial charge is 0.257 e. The van der Waals surface area contributed by atoms with Crippen LogP contribution in [0.5, 0.6) is 0 Å². The molecule has 0 bridgehead atoms. The van der Waals surface area contributed by atoms with Gasteiger partial charge in [-0.3, -0.25) is 4.79 Å². The number of pyridine rings is 2. The predicted octanol–water partition coefficient (Wildman–Crippen LogP) is 4.27. The van der Waals surface area contributed by atoms with Crippen molar-refractivity contribution in [2.24, 2.45) is 0 Å². The number of aliphatic hydroxyl groups is 1. The molecule has 2 aliphatic rings. The molecule has 0 spiro atoms. The van der Waals surface area contributed by atoms with E-state index in [1.165, 1.54) is 16.1 Å². The van der Waals surface area contributed by atoms with E-state index in [-0.39, 0.29) is 23.8 Å². The molecule has 0 amide bonds. The van der Waals surface area contributed by atoms with Crippen LogP contribution in [0, 0.1) is 0 Å². The van der Waals surface area contributed by atoms with Crippen LogP contribution in [0.4, 0.5) is 0 Å². The highest BCUT2D eigenvalue weighted by Crippen LogP contribution is 2.42. The summed E-state index contributed by atoms with van der Waals surface area (Å²) >= 11 is 0. The van der Waals surface area contributed by atoms with E-state index in [2.05, 4.69) is 52.1 Å². The number of nitrogens with zero attached hydrogens (tertiary/aromatic N) is 2. The van der Waals surface area contributed by atoms with Crippen molar-refractivity contribution in [3.8, 4) is 11.4 Å². The van der Waals surface area contributed by atoms with Gasteiger partial charge < -0.3 is 14.4 Å². The molecule has 0 fully saturated rings. The lowest BCUT2D eigenvalue weighted by Gasteiger charge is -2.39. The van der Waals surface area contributed by atoms with Gasteiger partial charge in [0.05, 0.1) is 44.7 Å². The van der Waals surface area contributed by atoms with E-state index < -0.39 is 13.7 Å². The van der Waals surface area contributed by atoms with Crippen LogP contribution in [-0.2, 0) is 23.5 Å². The Labute approximate surface area is 190 Å². The Bertz CT molecular complexity index is 1320. The number of fused-ring (bicyclic) bond motifs is 5. The SMILES string of the molecule is CC[C@@]1(O)COCc2c1cc1n(c2=O)Cc2c-1nc1ccccc1c2[Si](C)(C)C(C)(C)C. The first-order valence-electron chi connectivity index (χ1n) is 11.5. The zero-order valence-electron chi connectivity index (χ0n) is 19.9. The van der Waals surface area contributed by atoms with Crippen molar-refractivity contribution in [3.63, 3.8) is 0 Å². The molecule has 2 aromatic heterocycles. The fourth-order valence-corrected chi connectivity index (χ4v) is 7.74. The monoisotopic (exact) mass is 448 g/mol. The second-order valence-corrected chi connectivity index (χ2v) is 16.1. The molecule has 2 aliphatic heterocycles. The number of benzene rings is 1. The first-order chi connectivity index (χ1) is 15.0. The molecule has 5 nitrogen and oxygen atoms in total. The van der Waals surface area contributed by atoms with Gasteiger partial charge in [-0.2, -0.15) is 0 Å². The lowest BCUT2D eigenvalue weighted by atomic mass is 9.86. The molecular weight excluding hydrogens is 416 g/mol. The van der Waals surface area contributed by atoms with E-state index in [4.69, 9.17) is 9.72 Å². The Hall–Kier alpha value is -2.28. The van der Waals surface area contributed by atoms with Gasteiger partial charge in [0.2, 0.25) is 0 Å². The first-order valence-corrected chi connectivity index (χ1v) is 14.5. The van der Waals surface area contributed by atoms with Gasteiger partial charge >= 0.3 is 0 Å². The molecule has 0 saturated heterocycles. The number of rotatable bonds is 2. The fraction of sp³-hybridized carbons (Fsp3) is 0.462. The second kappa shape index (κ2) is 6.86. The van der Waals surface area contributed by atoms with E-state index >= 15 is 0 Å². The zero-order valence-corrected chi connectivity index (χ0v) is 20.9. The van der Waals surface area contributed by atoms with E-state index in [1.807, 2.05) is 23.6 Å². The molecule has 1 N–H and O–H groups in total. The van der Waals surface area contributed by atoms with Crippen molar-refractivity contribution in [3.05, 3.63) is 57.4 Å². The summed E-state index contributed by atoms with van der Waals surface area (Å²) in [6, 6.07) is 10.4. The summed E-state index contributed by atoms with van der Waals surface area (Å²) in [5.41, 5.74) is 3.96. The fourth-order valence-electron chi connectivity index (χ4n) is 5.15. The maximum atomic E-state index is 13.6. The topological polar surface area (TPSA) is 64.3 Å². The molecule has 6 heteroatoms. The number of ether oxygens (including phenoxy) is 1. The molecule has 1 atom stereocenters. The van der Waals surface area contributed by atoms with Gasteiger partial charge in [0.1, 0.15) is 5.60 Å². The third-order valence-corrected chi connectivity index (χ3v) is 13.7. The molecule has 4 heterocycles. The van der Waals surface area contributed by atoms with Crippen molar-refractivity contribution in [2.45, 2.75) is 71.0 Å². The van der Waals surface area contributed by atoms with Gasteiger partial charge in [-0.25, -0.2) is 4.98 Å². The molecule has 0 aliphatic carbocycles. The summed E-state index contributed by atoms with van der Waals surface area (Å²) in [6.07, 6.45) is 0.496. The van der Waals surface area contributed by atoms with Crippen LogP contribution in [0.25, 0.3) is 22.3 Å².